The predicted molar refractivity (Wildman–Crippen MR) is 140 cm³/mol. The number of phenolic OH excluding ortho intramolecular Hbond substituents is 1. The smallest absolute Gasteiger partial charge is 0.328 e. The molecular weight excluding hydrogens is 535 g/mol. The lowest BCUT2D eigenvalue weighted by Crippen LogP contribution is -1.99. The Morgan fingerprint density at radius 2 is 1.29 bits per heavy atom. The zero-order valence-electron chi connectivity index (χ0n) is 20.7. The number of hydrogen-bond donors (Lipinski definition) is 1. The summed E-state index contributed by atoms with van der Waals surface area (Å²) in [6.07, 6.45) is 2.68. The molecule has 0 saturated carbocycles. The first kappa shape index (κ1) is 26.8. The molecule has 196 valence electrons. The highest BCUT2D eigenvalue weighted by Crippen LogP contribution is 2.40. The number of aryl methyl sites for hydroxylation is 2. The van der Waals surface area contributed by atoms with Crippen LogP contribution in [0.15, 0.2) is 64.1 Å². The molecule has 0 saturated heterocycles. The van der Waals surface area contributed by atoms with E-state index < -0.39 is 0 Å². The third-order valence-electron chi connectivity index (χ3n) is 5.19. The van der Waals surface area contributed by atoms with Crippen molar-refractivity contribution in [2.24, 2.45) is 0 Å². The number of hydrogen-bond acceptors (Lipinski definition) is 10. The lowest BCUT2D eigenvalue weighted by Gasteiger charge is -2.11. The molecule has 10 nitrogen and oxygen atoms in total. The fraction of sp³-hybridized carbons (Fsp3) is 0.154. The standard InChI is InChI=1S/C16H14ClN3O4.C10H8ClNO2/c1-9-15(23-8-18-9)14-10(17)5-4-6-11(14)24-16-19-12(21-2)7-13(20-16)22-3;1-6-10(14-5-12-6)9-7(11)3-2-4-8(9)13/h4-8H,1-3H3;2-5,13H,1H3. The summed E-state index contributed by atoms with van der Waals surface area (Å²) in [5.74, 6) is 2.18. The van der Waals surface area contributed by atoms with Crippen LogP contribution in [-0.4, -0.2) is 39.3 Å². The Morgan fingerprint density at radius 3 is 1.79 bits per heavy atom. The number of methoxy groups -OCH3 is 2. The fourth-order valence-corrected chi connectivity index (χ4v) is 3.87. The summed E-state index contributed by atoms with van der Waals surface area (Å²) in [4.78, 5) is 16.3. The zero-order chi connectivity index (χ0) is 27.2. The van der Waals surface area contributed by atoms with Gasteiger partial charge in [0.15, 0.2) is 24.3 Å². The Morgan fingerprint density at radius 1 is 0.763 bits per heavy atom. The first-order valence-corrected chi connectivity index (χ1v) is 11.8. The van der Waals surface area contributed by atoms with Crippen LogP contribution in [0.4, 0.5) is 0 Å². The van der Waals surface area contributed by atoms with Gasteiger partial charge in [-0.05, 0) is 38.1 Å². The molecular formula is C26H22Cl2N4O6. The van der Waals surface area contributed by atoms with E-state index in [-0.39, 0.29) is 11.8 Å². The maximum Gasteiger partial charge on any atom is 0.328 e. The fourth-order valence-electron chi connectivity index (χ4n) is 3.37. The third-order valence-corrected chi connectivity index (χ3v) is 5.82. The minimum Gasteiger partial charge on any atom is -0.507 e. The largest absolute Gasteiger partial charge is 0.507 e. The van der Waals surface area contributed by atoms with Crippen molar-refractivity contribution in [2.75, 3.05) is 14.2 Å². The van der Waals surface area contributed by atoms with E-state index in [1.165, 1.54) is 27.0 Å². The van der Waals surface area contributed by atoms with E-state index in [1.54, 1.807) is 49.4 Å². The topological polar surface area (TPSA) is 126 Å². The molecule has 3 heterocycles. The van der Waals surface area contributed by atoms with Gasteiger partial charge < -0.3 is 28.2 Å². The van der Waals surface area contributed by atoms with Gasteiger partial charge in [0.05, 0.1) is 52.8 Å². The van der Waals surface area contributed by atoms with Crippen LogP contribution in [-0.2, 0) is 0 Å². The second-order valence-electron chi connectivity index (χ2n) is 7.62. The van der Waals surface area contributed by atoms with E-state index in [9.17, 15) is 5.11 Å². The van der Waals surface area contributed by atoms with Gasteiger partial charge in [0.1, 0.15) is 11.5 Å². The predicted octanol–water partition coefficient (Wildman–Crippen LogP) is 6.91. The molecule has 0 unspecified atom stereocenters. The number of oxazole rings is 2. The molecule has 0 amide bonds. The van der Waals surface area contributed by atoms with Crippen molar-refractivity contribution in [1.82, 2.24) is 19.9 Å². The van der Waals surface area contributed by atoms with Gasteiger partial charge in [0, 0.05) is 0 Å². The van der Waals surface area contributed by atoms with Gasteiger partial charge in [-0.15, -0.1) is 0 Å². The third kappa shape index (κ3) is 5.82. The molecule has 2 aromatic carbocycles. The molecule has 0 atom stereocenters. The van der Waals surface area contributed by atoms with E-state index in [1.807, 2.05) is 6.92 Å². The Hall–Kier alpha value is -4.28. The summed E-state index contributed by atoms with van der Waals surface area (Å²) in [7, 11) is 2.99. The van der Waals surface area contributed by atoms with Crippen LogP contribution in [0, 0.1) is 13.8 Å². The summed E-state index contributed by atoms with van der Waals surface area (Å²) in [6, 6.07) is 11.8. The second-order valence-corrected chi connectivity index (χ2v) is 8.43. The number of ether oxygens (including phenoxy) is 3. The molecule has 5 rings (SSSR count). The normalized spacial score (nSPS) is 10.5. The van der Waals surface area contributed by atoms with E-state index in [2.05, 4.69) is 19.9 Å². The van der Waals surface area contributed by atoms with Crippen molar-refractivity contribution in [3.8, 4) is 51.9 Å². The maximum absolute atomic E-state index is 9.62. The molecule has 1 N–H and O–H groups in total. The Balaban J connectivity index is 0.000000204. The molecule has 0 aliphatic heterocycles. The first-order chi connectivity index (χ1) is 18.3. The minimum atomic E-state index is 0.0619. The Kier molecular flexibility index (Phi) is 8.35. The Bertz CT molecular complexity index is 1510. The van der Waals surface area contributed by atoms with Crippen LogP contribution in [0.25, 0.3) is 22.6 Å². The van der Waals surface area contributed by atoms with Gasteiger partial charge >= 0.3 is 6.01 Å². The van der Waals surface area contributed by atoms with E-state index in [0.29, 0.717) is 61.6 Å². The number of aromatic nitrogens is 4. The summed E-state index contributed by atoms with van der Waals surface area (Å²) < 4.78 is 26.6. The van der Waals surface area contributed by atoms with E-state index in [0.717, 1.165) is 0 Å². The molecule has 12 heteroatoms. The molecule has 0 aliphatic carbocycles. The first-order valence-electron chi connectivity index (χ1n) is 11.0. The highest BCUT2D eigenvalue weighted by Gasteiger charge is 2.19. The lowest BCUT2D eigenvalue weighted by atomic mass is 10.1. The monoisotopic (exact) mass is 556 g/mol. The molecule has 0 fully saturated rings. The van der Waals surface area contributed by atoms with Gasteiger partial charge in [0.2, 0.25) is 11.8 Å². The summed E-state index contributed by atoms with van der Waals surface area (Å²) in [5.41, 5.74) is 2.45. The highest BCUT2D eigenvalue weighted by atomic mass is 35.5. The molecule has 38 heavy (non-hydrogen) atoms. The van der Waals surface area contributed by atoms with Gasteiger partial charge in [-0.25, -0.2) is 9.97 Å². The van der Waals surface area contributed by atoms with Crippen molar-refractivity contribution >= 4 is 23.2 Å². The molecule has 0 bridgehead atoms. The number of aromatic hydroxyl groups is 1. The van der Waals surface area contributed by atoms with E-state index >= 15 is 0 Å². The number of phenols is 1. The molecule has 0 aliphatic rings. The van der Waals surface area contributed by atoms with Crippen molar-refractivity contribution < 1.29 is 28.2 Å². The van der Waals surface area contributed by atoms with E-state index in [4.69, 9.17) is 46.2 Å². The van der Waals surface area contributed by atoms with Crippen molar-refractivity contribution in [2.45, 2.75) is 13.8 Å². The quantitative estimate of drug-likeness (QED) is 0.235. The maximum atomic E-state index is 9.62. The van der Waals surface area contributed by atoms with Gasteiger partial charge in [-0.1, -0.05) is 35.3 Å². The number of benzene rings is 2. The average molecular weight is 557 g/mol. The molecule has 0 spiro atoms. The molecule has 5 aromatic rings. The number of rotatable bonds is 6. The minimum absolute atomic E-state index is 0.0619. The van der Waals surface area contributed by atoms with Gasteiger partial charge in [-0.2, -0.15) is 9.97 Å². The SMILES string of the molecule is COc1cc(OC)nc(Oc2cccc(Cl)c2-c2ocnc2C)n1.Cc1ncoc1-c1c(O)cccc1Cl. The summed E-state index contributed by atoms with van der Waals surface area (Å²) in [5, 5.41) is 10.5. The van der Waals surface area contributed by atoms with Gasteiger partial charge in [-0.3, -0.25) is 0 Å². The van der Waals surface area contributed by atoms with Gasteiger partial charge in [0.25, 0.3) is 0 Å². The van der Waals surface area contributed by atoms with Crippen LogP contribution >= 0.6 is 23.2 Å². The van der Waals surface area contributed by atoms with Crippen molar-refractivity contribution in [3.05, 3.63) is 76.7 Å². The summed E-state index contributed by atoms with van der Waals surface area (Å²) in [6.45, 7) is 3.61. The Labute approximate surface area is 227 Å². The van der Waals surface area contributed by atoms with Crippen molar-refractivity contribution in [3.63, 3.8) is 0 Å². The second kappa shape index (κ2) is 11.8. The summed E-state index contributed by atoms with van der Waals surface area (Å²) >= 11 is 12.3. The number of halogens is 2. The van der Waals surface area contributed by atoms with Crippen LogP contribution in [0.1, 0.15) is 11.4 Å². The number of nitrogens with zero attached hydrogens (tertiary/aromatic N) is 4. The van der Waals surface area contributed by atoms with Crippen LogP contribution in [0.2, 0.25) is 10.0 Å². The van der Waals surface area contributed by atoms with Crippen LogP contribution in [0.3, 0.4) is 0 Å². The highest BCUT2D eigenvalue weighted by molar-refractivity contribution is 6.34. The molecule has 0 radical (unpaired) electrons. The zero-order valence-corrected chi connectivity index (χ0v) is 22.2. The van der Waals surface area contributed by atoms with Crippen LogP contribution in [0.5, 0.6) is 29.3 Å². The molecule has 3 aromatic heterocycles. The lowest BCUT2D eigenvalue weighted by molar-refractivity contribution is 0.348. The van der Waals surface area contributed by atoms with Crippen molar-refractivity contribution in [1.29, 1.82) is 0 Å². The van der Waals surface area contributed by atoms with Crippen LogP contribution < -0.4 is 14.2 Å². The average Bonchev–Trinajstić information content (AvgIpc) is 3.52.